The number of rotatable bonds is 8. The molecule has 4 rings (SSSR count). The molecule has 182 valence electrons. The molecule has 0 aromatic heterocycles. The summed E-state index contributed by atoms with van der Waals surface area (Å²) in [7, 11) is 0. The second-order valence-corrected chi connectivity index (χ2v) is 8.49. The lowest BCUT2D eigenvalue weighted by molar-refractivity contribution is 0.0975. The maximum absolute atomic E-state index is 13.4. The Labute approximate surface area is 203 Å². The molecule has 3 aromatic rings. The van der Waals surface area contributed by atoms with Crippen LogP contribution in [0.5, 0.6) is 17.2 Å². The highest BCUT2D eigenvalue weighted by Crippen LogP contribution is 2.46. The highest BCUT2D eigenvalue weighted by Gasteiger charge is 2.38. The fraction of sp³-hybridized carbons (Fsp3) is 0.259. The highest BCUT2D eigenvalue weighted by atomic mass is 16.5. The fourth-order valence-electron chi connectivity index (χ4n) is 4.26. The van der Waals surface area contributed by atoms with Crippen molar-refractivity contribution >= 4 is 22.9 Å². The zero-order chi connectivity index (χ0) is 25.3. The van der Waals surface area contributed by atoms with E-state index in [0.29, 0.717) is 35.7 Å². The van der Waals surface area contributed by atoms with Crippen LogP contribution >= 0.6 is 0 Å². The predicted molar refractivity (Wildman–Crippen MR) is 133 cm³/mol. The van der Waals surface area contributed by atoms with E-state index in [0.717, 1.165) is 19.4 Å². The number of hydrogen-bond acceptors (Lipinski definition) is 8. The van der Waals surface area contributed by atoms with Gasteiger partial charge in [0.05, 0.1) is 28.9 Å². The van der Waals surface area contributed by atoms with Gasteiger partial charge in [-0.2, -0.15) is 0 Å². The first-order valence-corrected chi connectivity index (χ1v) is 11.4. The normalized spacial score (nSPS) is 12.4. The van der Waals surface area contributed by atoms with Gasteiger partial charge in [0.2, 0.25) is 11.6 Å². The molecular formula is C27H28N2O6. The van der Waals surface area contributed by atoms with Gasteiger partial charge in [-0.05, 0) is 48.7 Å². The standard InChI is InChI=1S/C27H28N2O6/c1-3-9-34-10-4-11-35-16-7-5-15(6-8-16)17-13-19(29)21-23(25(17)31)27(33)20-18(28)12-14(2)24(30)22(20)26(21)32/h5-8,12-13,30-31H,3-4,9-11,28-29H2,1-2H3. The Morgan fingerprint density at radius 2 is 1.40 bits per heavy atom. The summed E-state index contributed by atoms with van der Waals surface area (Å²) in [6.45, 7) is 5.50. The molecule has 0 radical (unpaired) electrons. The monoisotopic (exact) mass is 476 g/mol. The number of nitrogens with two attached hydrogens (primary N) is 2. The number of aromatic hydroxyl groups is 2. The van der Waals surface area contributed by atoms with Crippen molar-refractivity contribution in [2.24, 2.45) is 0 Å². The molecule has 35 heavy (non-hydrogen) atoms. The van der Waals surface area contributed by atoms with Crippen LogP contribution in [0.2, 0.25) is 0 Å². The summed E-state index contributed by atoms with van der Waals surface area (Å²) in [5, 5.41) is 21.5. The highest BCUT2D eigenvalue weighted by molar-refractivity contribution is 6.34. The lowest BCUT2D eigenvalue weighted by atomic mass is 9.79. The van der Waals surface area contributed by atoms with Crippen LogP contribution in [0.15, 0.2) is 36.4 Å². The summed E-state index contributed by atoms with van der Waals surface area (Å²) in [6.07, 6.45) is 1.74. The molecule has 3 aromatic carbocycles. The van der Waals surface area contributed by atoms with Gasteiger partial charge in [0.15, 0.2) is 0 Å². The maximum Gasteiger partial charge on any atom is 0.200 e. The second-order valence-electron chi connectivity index (χ2n) is 8.49. The minimum Gasteiger partial charge on any atom is -0.507 e. The van der Waals surface area contributed by atoms with Crippen molar-refractivity contribution in [1.82, 2.24) is 0 Å². The average Bonchev–Trinajstić information content (AvgIpc) is 2.83. The van der Waals surface area contributed by atoms with Gasteiger partial charge in [-0.25, -0.2) is 0 Å². The number of carbonyl (C=O) groups is 2. The quantitative estimate of drug-likeness (QED) is 0.168. The van der Waals surface area contributed by atoms with Crippen molar-refractivity contribution in [3.63, 3.8) is 0 Å². The number of ether oxygens (including phenoxy) is 2. The van der Waals surface area contributed by atoms with Crippen molar-refractivity contribution in [1.29, 1.82) is 0 Å². The van der Waals surface area contributed by atoms with Crippen LogP contribution in [0.25, 0.3) is 11.1 Å². The van der Waals surface area contributed by atoms with Gasteiger partial charge >= 0.3 is 0 Å². The van der Waals surface area contributed by atoms with E-state index in [1.807, 2.05) is 0 Å². The third-order valence-corrected chi connectivity index (χ3v) is 5.98. The van der Waals surface area contributed by atoms with Crippen LogP contribution in [-0.4, -0.2) is 41.6 Å². The number of fused-ring (bicyclic) bond motifs is 2. The molecule has 0 unspecified atom stereocenters. The van der Waals surface area contributed by atoms with Crippen molar-refractivity contribution in [2.45, 2.75) is 26.7 Å². The molecule has 8 heteroatoms. The van der Waals surface area contributed by atoms with E-state index >= 15 is 0 Å². The molecule has 0 heterocycles. The zero-order valence-corrected chi connectivity index (χ0v) is 19.7. The molecule has 0 aliphatic heterocycles. The topological polar surface area (TPSA) is 145 Å². The average molecular weight is 477 g/mol. The van der Waals surface area contributed by atoms with Gasteiger partial charge < -0.3 is 31.2 Å². The number of anilines is 2. The van der Waals surface area contributed by atoms with Gasteiger partial charge in [-0.3, -0.25) is 9.59 Å². The summed E-state index contributed by atoms with van der Waals surface area (Å²) in [5.74, 6) is -1.38. The van der Waals surface area contributed by atoms with E-state index in [1.165, 1.54) is 12.1 Å². The number of ketones is 2. The van der Waals surface area contributed by atoms with Gasteiger partial charge in [-0.1, -0.05) is 19.1 Å². The Bertz CT molecular complexity index is 1310. The third kappa shape index (κ3) is 4.28. The molecule has 0 spiro atoms. The van der Waals surface area contributed by atoms with Crippen LogP contribution in [0, 0.1) is 6.92 Å². The summed E-state index contributed by atoms with van der Waals surface area (Å²) >= 11 is 0. The molecule has 6 N–H and O–H groups in total. The Hall–Kier alpha value is -4.04. The van der Waals surface area contributed by atoms with E-state index in [4.69, 9.17) is 20.9 Å². The summed E-state index contributed by atoms with van der Waals surface area (Å²) < 4.78 is 11.2. The molecule has 0 saturated heterocycles. The maximum atomic E-state index is 13.4. The van der Waals surface area contributed by atoms with Gasteiger partial charge in [0.1, 0.15) is 17.2 Å². The Morgan fingerprint density at radius 3 is 2.03 bits per heavy atom. The number of phenolic OH excluding ortho intramolecular Hbond substituents is 2. The van der Waals surface area contributed by atoms with Crippen molar-refractivity contribution in [2.75, 3.05) is 31.3 Å². The first-order valence-electron chi connectivity index (χ1n) is 11.4. The summed E-state index contributed by atoms with van der Waals surface area (Å²) in [5.41, 5.74) is 12.8. The molecule has 1 aliphatic carbocycles. The second kappa shape index (κ2) is 9.68. The number of benzene rings is 3. The number of phenols is 2. The van der Waals surface area contributed by atoms with E-state index in [9.17, 15) is 19.8 Å². The minimum atomic E-state index is -0.668. The molecule has 0 saturated carbocycles. The van der Waals surface area contributed by atoms with Gasteiger partial charge in [0, 0.05) is 36.6 Å². The molecule has 0 atom stereocenters. The van der Waals surface area contributed by atoms with Crippen molar-refractivity contribution in [3.05, 3.63) is 64.2 Å². The lowest BCUT2D eigenvalue weighted by Gasteiger charge is -2.24. The van der Waals surface area contributed by atoms with Crippen LogP contribution in [-0.2, 0) is 4.74 Å². The SMILES string of the molecule is CCCOCCCOc1ccc(-c2cc(N)c3c(c2O)C(=O)c2c(N)cc(C)c(O)c2C3=O)cc1. The predicted octanol–water partition coefficient (Wildman–Crippen LogP) is 4.21. The van der Waals surface area contributed by atoms with Crippen LogP contribution in [0.1, 0.15) is 57.2 Å². The zero-order valence-electron chi connectivity index (χ0n) is 19.7. The number of nitrogen functional groups attached to an aromatic ring is 2. The molecule has 0 fully saturated rings. The van der Waals surface area contributed by atoms with E-state index in [1.54, 1.807) is 31.2 Å². The number of hydrogen-bond donors (Lipinski definition) is 4. The molecule has 1 aliphatic rings. The largest absolute Gasteiger partial charge is 0.507 e. The first-order chi connectivity index (χ1) is 16.8. The lowest BCUT2D eigenvalue weighted by Crippen LogP contribution is -2.24. The van der Waals surface area contributed by atoms with Crippen LogP contribution in [0.4, 0.5) is 11.4 Å². The smallest absolute Gasteiger partial charge is 0.200 e. The van der Waals surface area contributed by atoms with E-state index < -0.39 is 11.6 Å². The van der Waals surface area contributed by atoms with E-state index in [2.05, 4.69) is 6.92 Å². The first kappa shape index (κ1) is 24.1. The van der Waals surface area contributed by atoms with Crippen LogP contribution in [0.3, 0.4) is 0 Å². The van der Waals surface area contributed by atoms with E-state index in [-0.39, 0.29) is 45.1 Å². The molecule has 8 nitrogen and oxygen atoms in total. The number of carbonyl (C=O) groups excluding carboxylic acids is 2. The van der Waals surface area contributed by atoms with Gasteiger partial charge in [-0.15, -0.1) is 0 Å². The Kier molecular flexibility index (Phi) is 6.66. The number of aryl methyl sites for hydroxylation is 1. The van der Waals surface area contributed by atoms with Crippen LogP contribution < -0.4 is 16.2 Å². The molecule has 0 amide bonds. The van der Waals surface area contributed by atoms with Crippen molar-refractivity contribution in [3.8, 4) is 28.4 Å². The summed E-state index contributed by atoms with van der Waals surface area (Å²) in [6, 6.07) is 9.83. The Morgan fingerprint density at radius 1 is 0.800 bits per heavy atom. The third-order valence-electron chi connectivity index (χ3n) is 5.98. The fourth-order valence-corrected chi connectivity index (χ4v) is 4.26. The molecule has 0 bridgehead atoms. The summed E-state index contributed by atoms with van der Waals surface area (Å²) in [4.78, 5) is 26.6. The molecular weight excluding hydrogens is 448 g/mol. The Balaban J connectivity index is 1.66. The van der Waals surface area contributed by atoms with Gasteiger partial charge in [0.25, 0.3) is 0 Å². The van der Waals surface area contributed by atoms with Crippen molar-refractivity contribution < 1.29 is 29.3 Å². The minimum absolute atomic E-state index is 0.0173.